The third-order valence-electron chi connectivity index (χ3n) is 6.06. The second-order valence-electron chi connectivity index (χ2n) is 9.31. The van der Waals surface area contributed by atoms with Crippen molar-refractivity contribution in [3.8, 4) is 16.3 Å². The van der Waals surface area contributed by atoms with Crippen LogP contribution in [-0.4, -0.2) is 30.3 Å². The van der Waals surface area contributed by atoms with Crippen LogP contribution >= 0.6 is 11.3 Å². The lowest BCUT2D eigenvalue weighted by Crippen LogP contribution is -2.29. The number of ether oxygens (including phenoxy) is 3. The molecule has 0 radical (unpaired) electrons. The highest BCUT2D eigenvalue weighted by atomic mass is 32.1. The van der Waals surface area contributed by atoms with E-state index in [-0.39, 0.29) is 18.0 Å². The number of carbonyl (C=O) groups is 1. The molecule has 2 aromatic carbocycles. The molecule has 5 nitrogen and oxygen atoms in total. The Balaban J connectivity index is 1.81. The van der Waals surface area contributed by atoms with Crippen LogP contribution in [0.5, 0.6) is 5.75 Å². The Morgan fingerprint density at radius 1 is 1.03 bits per heavy atom. The fourth-order valence-electron chi connectivity index (χ4n) is 4.05. The van der Waals surface area contributed by atoms with E-state index >= 15 is 0 Å². The van der Waals surface area contributed by atoms with Gasteiger partial charge in [0.15, 0.2) is 6.10 Å². The van der Waals surface area contributed by atoms with Crippen molar-refractivity contribution in [3.05, 3.63) is 69.7 Å². The Labute approximate surface area is 226 Å². The summed E-state index contributed by atoms with van der Waals surface area (Å²) in [5.41, 5.74) is 2.65. The van der Waals surface area contributed by atoms with Gasteiger partial charge in [0.2, 0.25) is 0 Å². The molecule has 0 saturated carbocycles. The van der Waals surface area contributed by atoms with Gasteiger partial charge in [-0.3, -0.25) is 0 Å². The van der Waals surface area contributed by atoms with Crippen LogP contribution in [0.25, 0.3) is 10.6 Å². The summed E-state index contributed by atoms with van der Waals surface area (Å²) in [6.07, 6.45) is -4.94. The minimum absolute atomic E-state index is 0.112. The molecule has 0 aliphatic carbocycles. The van der Waals surface area contributed by atoms with Crippen LogP contribution in [0.3, 0.4) is 0 Å². The first kappa shape index (κ1) is 29.6. The average Bonchev–Trinajstić information content (AvgIpc) is 3.24. The van der Waals surface area contributed by atoms with E-state index in [0.717, 1.165) is 33.8 Å². The van der Waals surface area contributed by atoms with Crippen LogP contribution in [0.2, 0.25) is 0 Å². The van der Waals surface area contributed by atoms with E-state index in [1.807, 2.05) is 39.0 Å². The lowest BCUT2D eigenvalue weighted by Gasteiger charge is -2.23. The number of alkyl halides is 3. The lowest BCUT2D eigenvalue weighted by atomic mass is 10.0. The zero-order valence-corrected chi connectivity index (χ0v) is 23.3. The van der Waals surface area contributed by atoms with Crippen molar-refractivity contribution in [2.75, 3.05) is 13.2 Å². The Kier molecular flexibility index (Phi) is 9.95. The molecule has 9 heteroatoms. The van der Waals surface area contributed by atoms with E-state index in [2.05, 4.69) is 18.8 Å². The SMILES string of the molecule is CCOC(=O)C(Cc1ccc(OC(c2sc(-c3ccc(C(F)(F)F)cc3)nc2C)C(C)C)cc1C)OCC. The summed E-state index contributed by atoms with van der Waals surface area (Å²) >= 11 is 1.43. The van der Waals surface area contributed by atoms with E-state index in [0.29, 0.717) is 36.0 Å². The van der Waals surface area contributed by atoms with Crippen molar-refractivity contribution < 1.29 is 32.2 Å². The number of carbonyl (C=O) groups excluding carboxylic acids is 1. The molecule has 38 heavy (non-hydrogen) atoms. The number of rotatable bonds is 11. The molecule has 2 atom stereocenters. The topological polar surface area (TPSA) is 57.7 Å². The minimum atomic E-state index is -4.38. The second kappa shape index (κ2) is 12.8. The van der Waals surface area contributed by atoms with Crippen LogP contribution in [0, 0.1) is 19.8 Å². The number of halogens is 3. The van der Waals surface area contributed by atoms with Crippen molar-refractivity contribution in [1.29, 1.82) is 0 Å². The maximum Gasteiger partial charge on any atom is 0.416 e. The highest BCUT2D eigenvalue weighted by molar-refractivity contribution is 7.15. The van der Waals surface area contributed by atoms with E-state index < -0.39 is 17.8 Å². The van der Waals surface area contributed by atoms with Gasteiger partial charge in [0.1, 0.15) is 16.9 Å². The first-order valence-electron chi connectivity index (χ1n) is 12.6. The smallest absolute Gasteiger partial charge is 0.416 e. The Hall–Kier alpha value is -2.91. The van der Waals surface area contributed by atoms with Crippen molar-refractivity contribution in [1.82, 2.24) is 4.98 Å². The van der Waals surface area contributed by atoms with Gasteiger partial charge in [0.25, 0.3) is 0 Å². The predicted octanol–water partition coefficient (Wildman–Crippen LogP) is 7.73. The molecule has 0 spiro atoms. The fraction of sp³-hybridized carbons (Fsp3) is 0.448. The summed E-state index contributed by atoms with van der Waals surface area (Å²) in [5, 5.41) is 0.646. The molecular weight excluding hydrogens is 515 g/mol. The van der Waals surface area contributed by atoms with Crippen LogP contribution in [0.1, 0.15) is 61.1 Å². The van der Waals surface area contributed by atoms with Gasteiger partial charge in [-0.1, -0.05) is 32.0 Å². The number of hydrogen-bond donors (Lipinski definition) is 0. The van der Waals surface area contributed by atoms with Crippen molar-refractivity contribution >= 4 is 17.3 Å². The second-order valence-corrected chi connectivity index (χ2v) is 10.3. The molecule has 2 unspecified atom stereocenters. The van der Waals surface area contributed by atoms with Crippen LogP contribution in [0.15, 0.2) is 42.5 Å². The lowest BCUT2D eigenvalue weighted by molar-refractivity contribution is -0.156. The number of thiazole rings is 1. The molecule has 0 aliphatic heterocycles. The molecule has 3 rings (SSSR count). The Bertz CT molecular complexity index is 1220. The van der Waals surface area contributed by atoms with E-state index in [1.54, 1.807) is 6.92 Å². The van der Waals surface area contributed by atoms with Crippen LogP contribution < -0.4 is 4.74 Å². The molecular formula is C29H34F3NO4S. The summed E-state index contributed by atoms with van der Waals surface area (Å²) in [4.78, 5) is 17.8. The third-order valence-corrected chi connectivity index (χ3v) is 7.32. The number of aryl methyl sites for hydroxylation is 2. The summed E-state index contributed by atoms with van der Waals surface area (Å²) in [5.74, 6) is 0.414. The third kappa shape index (κ3) is 7.35. The van der Waals surface area contributed by atoms with E-state index in [1.165, 1.54) is 23.5 Å². The number of hydrogen-bond acceptors (Lipinski definition) is 6. The summed E-state index contributed by atoms with van der Waals surface area (Å²) in [6.45, 7) is 12.2. The molecule has 0 fully saturated rings. The number of nitrogens with zero attached hydrogens (tertiary/aromatic N) is 1. The molecule has 0 amide bonds. The largest absolute Gasteiger partial charge is 0.485 e. The van der Waals surface area contributed by atoms with Crippen molar-refractivity contribution in [2.24, 2.45) is 5.92 Å². The fourth-order valence-corrected chi connectivity index (χ4v) is 5.33. The highest BCUT2D eigenvalue weighted by Crippen LogP contribution is 2.39. The van der Waals surface area contributed by atoms with Gasteiger partial charge in [-0.2, -0.15) is 13.2 Å². The maximum atomic E-state index is 13.0. The van der Waals surface area contributed by atoms with E-state index in [4.69, 9.17) is 14.2 Å². The molecule has 3 aromatic rings. The van der Waals surface area contributed by atoms with Gasteiger partial charge in [0.05, 0.1) is 22.7 Å². The Morgan fingerprint density at radius 2 is 1.71 bits per heavy atom. The first-order valence-corrected chi connectivity index (χ1v) is 13.5. The van der Waals surface area contributed by atoms with Crippen molar-refractivity contribution in [2.45, 2.75) is 66.3 Å². The highest BCUT2D eigenvalue weighted by Gasteiger charge is 2.30. The zero-order chi connectivity index (χ0) is 28.0. The molecule has 0 bridgehead atoms. The van der Waals surface area contributed by atoms with E-state index in [9.17, 15) is 18.0 Å². The number of esters is 1. The number of benzene rings is 2. The zero-order valence-electron chi connectivity index (χ0n) is 22.5. The monoisotopic (exact) mass is 549 g/mol. The first-order chi connectivity index (χ1) is 17.9. The average molecular weight is 550 g/mol. The standard InChI is InChI=1S/C29H34F3NO4S/c1-7-35-24(28(34)36-8-2)16-21-11-14-23(15-18(21)5)37-25(17(3)4)26-19(6)33-27(38-26)20-9-12-22(13-10-20)29(30,31)32/h9-15,17,24-25H,7-8,16H2,1-6H3. The van der Waals surface area contributed by atoms with Crippen LogP contribution in [0.4, 0.5) is 13.2 Å². The maximum absolute atomic E-state index is 13.0. The molecule has 1 heterocycles. The molecule has 206 valence electrons. The van der Waals surface area contributed by atoms with Crippen LogP contribution in [-0.2, 0) is 26.9 Å². The Morgan fingerprint density at radius 3 is 2.26 bits per heavy atom. The molecule has 1 aromatic heterocycles. The van der Waals surface area contributed by atoms with Gasteiger partial charge >= 0.3 is 12.1 Å². The summed E-state index contributed by atoms with van der Waals surface area (Å²) in [7, 11) is 0. The van der Waals surface area contributed by atoms with Gasteiger partial charge in [-0.05, 0) is 69.0 Å². The number of aromatic nitrogens is 1. The van der Waals surface area contributed by atoms with Gasteiger partial charge in [0, 0.05) is 18.6 Å². The van der Waals surface area contributed by atoms with Gasteiger partial charge < -0.3 is 14.2 Å². The van der Waals surface area contributed by atoms with Gasteiger partial charge in [-0.25, -0.2) is 9.78 Å². The van der Waals surface area contributed by atoms with Crippen molar-refractivity contribution in [3.63, 3.8) is 0 Å². The predicted molar refractivity (Wildman–Crippen MR) is 142 cm³/mol. The normalized spacial score (nSPS) is 13.4. The summed E-state index contributed by atoms with van der Waals surface area (Å²) < 4.78 is 56.0. The molecule has 0 saturated heterocycles. The molecule has 0 aliphatic rings. The quantitative estimate of drug-likeness (QED) is 0.229. The van der Waals surface area contributed by atoms with Gasteiger partial charge in [-0.15, -0.1) is 11.3 Å². The minimum Gasteiger partial charge on any atom is -0.485 e. The summed E-state index contributed by atoms with van der Waals surface area (Å²) in [6, 6.07) is 10.8. The molecule has 0 N–H and O–H groups in total.